The maximum atomic E-state index is 12.7. The lowest BCUT2D eigenvalue weighted by Gasteiger charge is -2.19. The van der Waals surface area contributed by atoms with E-state index in [-0.39, 0.29) is 6.04 Å². The summed E-state index contributed by atoms with van der Waals surface area (Å²) in [5.74, 6) is 0. The second-order valence-corrected chi connectivity index (χ2v) is 5.53. The van der Waals surface area contributed by atoms with Crippen LogP contribution in [0.3, 0.4) is 0 Å². The number of halogens is 4. The number of anilines is 1. The molecule has 1 unspecified atom stereocenters. The molecule has 108 valence electrons. The predicted octanol–water partition coefficient (Wildman–Crippen LogP) is 5.85. The summed E-state index contributed by atoms with van der Waals surface area (Å²) in [7, 11) is 0. The molecule has 0 saturated heterocycles. The summed E-state index contributed by atoms with van der Waals surface area (Å²) < 4.78 is 38.6. The first-order chi connectivity index (χ1) is 8.86. The maximum absolute atomic E-state index is 12.7. The summed E-state index contributed by atoms with van der Waals surface area (Å²) in [6.07, 6.45) is -0.282. The van der Waals surface area contributed by atoms with Crippen molar-refractivity contribution in [2.75, 3.05) is 5.32 Å². The largest absolute Gasteiger partial charge is 0.416 e. The Morgan fingerprint density at radius 1 is 1.21 bits per heavy atom. The van der Waals surface area contributed by atoms with Crippen LogP contribution in [0, 0.1) is 0 Å². The van der Waals surface area contributed by atoms with Crippen molar-refractivity contribution in [2.45, 2.75) is 51.7 Å². The van der Waals surface area contributed by atoms with Crippen LogP contribution in [0.5, 0.6) is 0 Å². The zero-order chi connectivity index (χ0) is 14.5. The van der Waals surface area contributed by atoms with E-state index < -0.39 is 11.7 Å². The Kier molecular flexibility index (Phi) is 6.17. The molecule has 0 amide bonds. The topological polar surface area (TPSA) is 12.0 Å². The average Bonchev–Trinajstić information content (AvgIpc) is 2.32. The van der Waals surface area contributed by atoms with Crippen LogP contribution in [-0.2, 0) is 6.18 Å². The Morgan fingerprint density at radius 2 is 1.89 bits per heavy atom. The molecule has 1 N–H and O–H groups in total. The number of hydrogen-bond acceptors (Lipinski definition) is 1. The standard InChI is InChI=1S/C14H19BrF3N/c1-3-5-6-12(4-2)19-13-8-10(14(16,17)18)7-11(15)9-13/h7-9,12,19H,3-6H2,1-2H3. The van der Waals surface area contributed by atoms with E-state index in [2.05, 4.69) is 28.2 Å². The highest BCUT2D eigenvalue weighted by atomic mass is 79.9. The summed E-state index contributed by atoms with van der Waals surface area (Å²) >= 11 is 3.13. The van der Waals surface area contributed by atoms with Gasteiger partial charge in [0.15, 0.2) is 0 Å². The van der Waals surface area contributed by atoms with E-state index in [0.717, 1.165) is 31.7 Å². The molecule has 0 bridgehead atoms. The fourth-order valence-electron chi connectivity index (χ4n) is 1.90. The minimum atomic E-state index is -4.31. The second kappa shape index (κ2) is 7.17. The van der Waals surface area contributed by atoms with Crippen LogP contribution in [-0.4, -0.2) is 6.04 Å². The van der Waals surface area contributed by atoms with Gasteiger partial charge in [0.25, 0.3) is 0 Å². The Hall–Kier alpha value is -0.710. The summed E-state index contributed by atoms with van der Waals surface area (Å²) in [6, 6.07) is 4.16. The fourth-order valence-corrected chi connectivity index (χ4v) is 2.39. The van der Waals surface area contributed by atoms with Crippen LogP contribution in [0.25, 0.3) is 0 Å². The van der Waals surface area contributed by atoms with E-state index in [1.807, 2.05) is 6.92 Å². The third-order valence-electron chi connectivity index (χ3n) is 2.99. The van der Waals surface area contributed by atoms with Crippen molar-refractivity contribution in [3.63, 3.8) is 0 Å². The average molecular weight is 338 g/mol. The molecule has 0 radical (unpaired) electrons. The van der Waals surface area contributed by atoms with Gasteiger partial charge >= 0.3 is 6.18 Å². The van der Waals surface area contributed by atoms with Crippen molar-refractivity contribution < 1.29 is 13.2 Å². The Labute approximate surface area is 120 Å². The van der Waals surface area contributed by atoms with E-state index in [1.54, 1.807) is 6.07 Å². The highest BCUT2D eigenvalue weighted by molar-refractivity contribution is 9.10. The number of benzene rings is 1. The van der Waals surface area contributed by atoms with Crippen molar-refractivity contribution in [3.05, 3.63) is 28.2 Å². The molecule has 0 aliphatic heterocycles. The van der Waals surface area contributed by atoms with Crippen LogP contribution in [0.1, 0.15) is 45.1 Å². The summed E-state index contributed by atoms with van der Waals surface area (Å²) in [5.41, 5.74) is -0.112. The molecule has 19 heavy (non-hydrogen) atoms. The number of alkyl halides is 3. The van der Waals surface area contributed by atoms with Crippen molar-refractivity contribution >= 4 is 21.6 Å². The van der Waals surface area contributed by atoms with Gasteiger partial charge in [-0.3, -0.25) is 0 Å². The van der Waals surface area contributed by atoms with Gasteiger partial charge in [-0.25, -0.2) is 0 Å². The lowest BCUT2D eigenvalue weighted by molar-refractivity contribution is -0.137. The molecule has 1 atom stereocenters. The smallest absolute Gasteiger partial charge is 0.382 e. The van der Waals surface area contributed by atoms with Gasteiger partial charge in [-0.2, -0.15) is 13.2 Å². The molecule has 1 aromatic rings. The van der Waals surface area contributed by atoms with E-state index >= 15 is 0 Å². The van der Waals surface area contributed by atoms with Gasteiger partial charge in [-0.05, 0) is 31.0 Å². The monoisotopic (exact) mass is 337 g/mol. The van der Waals surface area contributed by atoms with Crippen molar-refractivity contribution in [1.82, 2.24) is 0 Å². The highest BCUT2D eigenvalue weighted by Crippen LogP contribution is 2.33. The third kappa shape index (κ3) is 5.43. The Balaban J connectivity index is 2.85. The van der Waals surface area contributed by atoms with E-state index in [4.69, 9.17) is 0 Å². The van der Waals surface area contributed by atoms with Gasteiger partial charge in [0, 0.05) is 16.2 Å². The van der Waals surface area contributed by atoms with Crippen LogP contribution in [0.15, 0.2) is 22.7 Å². The van der Waals surface area contributed by atoms with E-state index in [0.29, 0.717) is 10.2 Å². The van der Waals surface area contributed by atoms with Crippen molar-refractivity contribution in [2.24, 2.45) is 0 Å². The molecule has 1 aromatic carbocycles. The lowest BCUT2D eigenvalue weighted by atomic mass is 10.1. The third-order valence-corrected chi connectivity index (χ3v) is 3.45. The van der Waals surface area contributed by atoms with Gasteiger partial charge in [0.1, 0.15) is 0 Å². The molecular weight excluding hydrogens is 319 g/mol. The fraction of sp³-hybridized carbons (Fsp3) is 0.571. The molecule has 0 aromatic heterocycles. The number of unbranched alkanes of at least 4 members (excludes halogenated alkanes) is 1. The normalized spacial score (nSPS) is 13.4. The molecule has 5 heteroatoms. The predicted molar refractivity (Wildman–Crippen MR) is 76.4 cm³/mol. The molecule has 0 aliphatic carbocycles. The van der Waals surface area contributed by atoms with Gasteiger partial charge < -0.3 is 5.32 Å². The highest BCUT2D eigenvalue weighted by Gasteiger charge is 2.31. The van der Waals surface area contributed by atoms with Crippen LogP contribution >= 0.6 is 15.9 Å². The molecule has 0 aliphatic rings. The first-order valence-electron chi connectivity index (χ1n) is 6.51. The zero-order valence-electron chi connectivity index (χ0n) is 11.1. The Morgan fingerprint density at radius 3 is 2.42 bits per heavy atom. The second-order valence-electron chi connectivity index (χ2n) is 4.62. The first kappa shape index (κ1) is 16.3. The number of rotatable bonds is 6. The first-order valence-corrected chi connectivity index (χ1v) is 7.30. The molecule has 0 spiro atoms. The van der Waals surface area contributed by atoms with Gasteiger partial charge in [-0.15, -0.1) is 0 Å². The Bertz CT molecular complexity index is 404. The molecule has 0 saturated carbocycles. The van der Waals surface area contributed by atoms with Crippen molar-refractivity contribution in [1.29, 1.82) is 0 Å². The molecule has 1 rings (SSSR count). The van der Waals surface area contributed by atoms with Gasteiger partial charge in [-0.1, -0.05) is 42.6 Å². The van der Waals surface area contributed by atoms with Gasteiger partial charge in [0.2, 0.25) is 0 Å². The summed E-state index contributed by atoms with van der Waals surface area (Å²) in [4.78, 5) is 0. The molecule has 1 nitrogen and oxygen atoms in total. The minimum Gasteiger partial charge on any atom is -0.382 e. The van der Waals surface area contributed by atoms with Crippen LogP contribution < -0.4 is 5.32 Å². The number of nitrogens with one attached hydrogen (secondary N) is 1. The minimum absolute atomic E-state index is 0.218. The number of hydrogen-bond donors (Lipinski definition) is 1. The molecular formula is C14H19BrF3N. The van der Waals surface area contributed by atoms with E-state index in [1.165, 1.54) is 6.07 Å². The summed E-state index contributed by atoms with van der Waals surface area (Å²) in [5, 5.41) is 3.19. The zero-order valence-corrected chi connectivity index (χ0v) is 12.7. The van der Waals surface area contributed by atoms with Crippen LogP contribution in [0.4, 0.5) is 18.9 Å². The quantitative estimate of drug-likeness (QED) is 0.686. The molecule has 0 fully saturated rings. The maximum Gasteiger partial charge on any atom is 0.416 e. The SMILES string of the molecule is CCCCC(CC)Nc1cc(Br)cc(C(F)(F)F)c1. The summed E-state index contributed by atoms with van der Waals surface area (Å²) in [6.45, 7) is 4.14. The van der Waals surface area contributed by atoms with Gasteiger partial charge in [0.05, 0.1) is 5.56 Å². The lowest BCUT2D eigenvalue weighted by Crippen LogP contribution is -2.18. The van der Waals surface area contributed by atoms with Crippen molar-refractivity contribution in [3.8, 4) is 0 Å². The van der Waals surface area contributed by atoms with E-state index in [9.17, 15) is 13.2 Å². The van der Waals surface area contributed by atoms with Crippen LogP contribution in [0.2, 0.25) is 0 Å². The molecule has 0 heterocycles.